The van der Waals surface area contributed by atoms with Crippen molar-refractivity contribution < 1.29 is 0 Å². The number of H-pyrrole nitrogens is 1. The van der Waals surface area contributed by atoms with Crippen LogP contribution in [0.2, 0.25) is 0 Å². The Morgan fingerprint density at radius 3 is 2.45 bits per heavy atom. The maximum absolute atomic E-state index is 3.56. The standard InChI is InChI=1S/C19H15N/c1-13-6-4-7-14(12-13)15-9-5-10-17-16-8-2-3-11-18(16)20-19(15)17/h2-12,20H,1H3. The minimum absolute atomic E-state index is 1.20. The lowest BCUT2D eigenvalue weighted by Crippen LogP contribution is -1.81. The summed E-state index contributed by atoms with van der Waals surface area (Å²) in [5.74, 6) is 0. The van der Waals surface area contributed by atoms with E-state index in [9.17, 15) is 0 Å². The van der Waals surface area contributed by atoms with Gasteiger partial charge < -0.3 is 4.98 Å². The van der Waals surface area contributed by atoms with Crippen LogP contribution >= 0.6 is 0 Å². The minimum atomic E-state index is 1.20. The Balaban J connectivity index is 2.10. The Hall–Kier alpha value is -2.54. The summed E-state index contributed by atoms with van der Waals surface area (Å²) < 4.78 is 0. The van der Waals surface area contributed by atoms with Crippen LogP contribution in [0.3, 0.4) is 0 Å². The molecule has 0 aliphatic rings. The molecule has 0 radical (unpaired) electrons. The molecule has 0 fully saturated rings. The molecule has 0 atom stereocenters. The molecule has 20 heavy (non-hydrogen) atoms. The van der Waals surface area contributed by atoms with Gasteiger partial charge in [-0.05, 0) is 18.6 Å². The molecule has 0 spiro atoms. The SMILES string of the molecule is Cc1cccc(-c2cccc3c2[nH]c2ccccc23)c1. The fourth-order valence-corrected chi connectivity index (χ4v) is 2.93. The van der Waals surface area contributed by atoms with Crippen molar-refractivity contribution in [3.05, 3.63) is 72.3 Å². The molecule has 0 aliphatic carbocycles. The molecule has 4 aromatic rings. The van der Waals surface area contributed by atoms with Crippen molar-refractivity contribution in [2.45, 2.75) is 6.92 Å². The van der Waals surface area contributed by atoms with Gasteiger partial charge in [0.1, 0.15) is 0 Å². The number of aryl methyl sites for hydroxylation is 1. The molecular formula is C19H15N. The van der Waals surface area contributed by atoms with E-state index in [0.29, 0.717) is 0 Å². The van der Waals surface area contributed by atoms with Crippen LogP contribution in [0.25, 0.3) is 32.9 Å². The number of fused-ring (bicyclic) bond motifs is 3. The first kappa shape index (κ1) is 11.3. The molecule has 3 aromatic carbocycles. The van der Waals surface area contributed by atoms with Gasteiger partial charge in [-0.1, -0.05) is 66.2 Å². The van der Waals surface area contributed by atoms with Crippen LogP contribution in [-0.4, -0.2) is 4.98 Å². The van der Waals surface area contributed by atoms with Crippen LogP contribution < -0.4 is 0 Å². The van der Waals surface area contributed by atoms with Crippen LogP contribution in [0.1, 0.15) is 5.56 Å². The summed E-state index contributed by atoms with van der Waals surface area (Å²) in [5, 5.41) is 2.58. The second-order valence-electron chi connectivity index (χ2n) is 5.27. The monoisotopic (exact) mass is 257 g/mol. The van der Waals surface area contributed by atoms with Gasteiger partial charge in [0.2, 0.25) is 0 Å². The average Bonchev–Trinajstić information content (AvgIpc) is 2.86. The number of aromatic amines is 1. The van der Waals surface area contributed by atoms with Crippen LogP contribution in [0, 0.1) is 6.92 Å². The van der Waals surface area contributed by atoms with E-state index < -0.39 is 0 Å². The van der Waals surface area contributed by atoms with Crippen molar-refractivity contribution in [1.29, 1.82) is 0 Å². The number of para-hydroxylation sites is 2. The van der Waals surface area contributed by atoms with Crippen LogP contribution in [0.15, 0.2) is 66.7 Å². The first-order valence-corrected chi connectivity index (χ1v) is 6.89. The molecular weight excluding hydrogens is 242 g/mol. The van der Waals surface area contributed by atoms with E-state index in [-0.39, 0.29) is 0 Å². The van der Waals surface area contributed by atoms with E-state index >= 15 is 0 Å². The molecule has 96 valence electrons. The van der Waals surface area contributed by atoms with Gasteiger partial charge >= 0.3 is 0 Å². The highest BCUT2D eigenvalue weighted by molar-refractivity contribution is 6.11. The van der Waals surface area contributed by atoms with Crippen LogP contribution in [-0.2, 0) is 0 Å². The zero-order valence-electron chi connectivity index (χ0n) is 11.4. The first-order chi connectivity index (χ1) is 9.83. The molecule has 1 nitrogen and oxygen atoms in total. The average molecular weight is 257 g/mol. The zero-order chi connectivity index (χ0) is 13.5. The van der Waals surface area contributed by atoms with Gasteiger partial charge in [-0.2, -0.15) is 0 Å². The van der Waals surface area contributed by atoms with Crippen molar-refractivity contribution in [2.75, 3.05) is 0 Å². The highest BCUT2D eigenvalue weighted by Gasteiger charge is 2.08. The van der Waals surface area contributed by atoms with Gasteiger partial charge in [-0.15, -0.1) is 0 Å². The number of hydrogen-bond donors (Lipinski definition) is 1. The maximum atomic E-state index is 3.56. The van der Waals surface area contributed by atoms with Crippen molar-refractivity contribution in [2.24, 2.45) is 0 Å². The fraction of sp³-hybridized carbons (Fsp3) is 0.0526. The lowest BCUT2D eigenvalue weighted by atomic mass is 10.0. The second kappa shape index (κ2) is 4.24. The summed E-state index contributed by atoms with van der Waals surface area (Å²) in [4.78, 5) is 3.56. The quantitative estimate of drug-likeness (QED) is 0.476. The summed E-state index contributed by atoms with van der Waals surface area (Å²) in [5.41, 5.74) is 6.24. The highest BCUT2D eigenvalue weighted by Crippen LogP contribution is 2.33. The predicted molar refractivity (Wildman–Crippen MR) is 86.0 cm³/mol. The summed E-state index contributed by atoms with van der Waals surface area (Å²) in [6.07, 6.45) is 0. The Labute approximate surface area is 117 Å². The van der Waals surface area contributed by atoms with Gasteiger partial charge in [0.15, 0.2) is 0 Å². The van der Waals surface area contributed by atoms with E-state index in [4.69, 9.17) is 0 Å². The van der Waals surface area contributed by atoms with E-state index in [1.54, 1.807) is 0 Å². The van der Waals surface area contributed by atoms with Crippen molar-refractivity contribution in [3.63, 3.8) is 0 Å². The number of hydrogen-bond acceptors (Lipinski definition) is 0. The normalized spacial score (nSPS) is 11.2. The third kappa shape index (κ3) is 1.64. The van der Waals surface area contributed by atoms with Gasteiger partial charge in [-0.25, -0.2) is 0 Å². The van der Waals surface area contributed by atoms with E-state index in [0.717, 1.165) is 0 Å². The smallest absolute Gasteiger partial charge is 0.0544 e. The fourth-order valence-electron chi connectivity index (χ4n) is 2.93. The lowest BCUT2D eigenvalue weighted by Gasteiger charge is -2.04. The second-order valence-corrected chi connectivity index (χ2v) is 5.27. The molecule has 1 heterocycles. The Bertz CT molecular complexity index is 915. The molecule has 0 saturated heterocycles. The summed E-state index contributed by atoms with van der Waals surface area (Å²) in [6.45, 7) is 2.13. The lowest BCUT2D eigenvalue weighted by molar-refractivity contribution is 1.46. The molecule has 0 aliphatic heterocycles. The van der Waals surface area contributed by atoms with Gasteiger partial charge in [0, 0.05) is 21.9 Å². The molecule has 4 rings (SSSR count). The van der Waals surface area contributed by atoms with Crippen molar-refractivity contribution in [3.8, 4) is 11.1 Å². The molecule has 1 aromatic heterocycles. The largest absolute Gasteiger partial charge is 0.354 e. The van der Waals surface area contributed by atoms with Crippen molar-refractivity contribution >= 4 is 21.8 Å². The summed E-state index contributed by atoms with van der Waals surface area (Å²) in [7, 11) is 0. The number of aromatic nitrogens is 1. The topological polar surface area (TPSA) is 15.8 Å². The van der Waals surface area contributed by atoms with E-state index in [2.05, 4.69) is 78.6 Å². The summed E-state index contributed by atoms with van der Waals surface area (Å²) in [6, 6.07) is 23.7. The maximum Gasteiger partial charge on any atom is 0.0544 e. The number of nitrogens with one attached hydrogen (secondary N) is 1. The summed E-state index contributed by atoms with van der Waals surface area (Å²) >= 11 is 0. The van der Waals surface area contributed by atoms with Crippen LogP contribution in [0.4, 0.5) is 0 Å². The minimum Gasteiger partial charge on any atom is -0.354 e. The molecule has 0 bridgehead atoms. The third-order valence-corrected chi connectivity index (χ3v) is 3.87. The molecule has 0 amide bonds. The van der Waals surface area contributed by atoms with Crippen LogP contribution in [0.5, 0.6) is 0 Å². The zero-order valence-corrected chi connectivity index (χ0v) is 11.4. The van der Waals surface area contributed by atoms with Gasteiger partial charge in [-0.3, -0.25) is 0 Å². The van der Waals surface area contributed by atoms with Gasteiger partial charge in [0.25, 0.3) is 0 Å². The molecule has 0 unspecified atom stereocenters. The first-order valence-electron chi connectivity index (χ1n) is 6.89. The highest BCUT2D eigenvalue weighted by atomic mass is 14.7. The number of benzene rings is 3. The Kier molecular flexibility index (Phi) is 2.40. The third-order valence-electron chi connectivity index (χ3n) is 3.87. The van der Waals surface area contributed by atoms with Crippen molar-refractivity contribution in [1.82, 2.24) is 4.98 Å². The number of rotatable bonds is 1. The van der Waals surface area contributed by atoms with E-state index in [1.165, 1.54) is 38.5 Å². The van der Waals surface area contributed by atoms with E-state index in [1.807, 2.05) is 0 Å². The molecule has 1 heteroatoms. The van der Waals surface area contributed by atoms with Gasteiger partial charge in [0.05, 0.1) is 5.52 Å². The predicted octanol–water partition coefficient (Wildman–Crippen LogP) is 5.30. The Morgan fingerprint density at radius 2 is 1.55 bits per heavy atom. The molecule has 1 N–H and O–H groups in total. The Morgan fingerprint density at radius 1 is 0.750 bits per heavy atom. The molecule has 0 saturated carbocycles.